The molecular formula is C18H20N2O. The maximum Gasteiger partial charge on any atom is 0.103 e. The van der Waals surface area contributed by atoms with E-state index in [2.05, 4.69) is 41.5 Å². The normalized spacial score (nSPS) is 12.6. The number of pyridine rings is 1. The molecule has 0 saturated heterocycles. The monoisotopic (exact) mass is 280 g/mol. The molecule has 2 aromatic heterocycles. The lowest BCUT2D eigenvalue weighted by Crippen LogP contribution is -2.21. The van der Waals surface area contributed by atoms with E-state index in [0.717, 1.165) is 30.7 Å². The molecule has 3 rings (SSSR count). The smallest absolute Gasteiger partial charge is 0.103 e. The molecule has 0 aliphatic rings. The van der Waals surface area contributed by atoms with Gasteiger partial charge in [0.25, 0.3) is 0 Å². The van der Waals surface area contributed by atoms with Crippen LogP contribution in [-0.2, 0) is 6.42 Å². The van der Waals surface area contributed by atoms with Gasteiger partial charge in [-0.1, -0.05) is 19.1 Å². The highest BCUT2D eigenvalue weighted by molar-refractivity contribution is 5.79. The van der Waals surface area contributed by atoms with Gasteiger partial charge < -0.3 is 9.73 Å². The molecule has 108 valence electrons. The van der Waals surface area contributed by atoms with Gasteiger partial charge in [-0.3, -0.25) is 4.98 Å². The summed E-state index contributed by atoms with van der Waals surface area (Å²) in [6.07, 6.45) is 5.53. The van der Waals surface area contributed by atoms with E-state index in [0.29, 0.717) is 6.04 Å². The largest absolute Gasteiger partial charge is 0.469 e. The van der Waals surface area contributed by atoms with E-state index < -0.39 is 0 Å². The number of hydrogen-bond acceptors (Lipinski definition) is 3. The van der Waals surface area contributed by atoms with Crippen molar-refractivity contribution in [2.45, 2.75) is 25.8 Å². The number of benzene rings is 1. The molecule has 0 bridgehead atoms. The zero-order valence-corrected chi connectivity index (χ0v) is 12.3. The van der Waals surface area contributed by atoms with E-state index in [1.807, 2.05) is 24.4 Å². The minimum atomic E-state index is 0.338. The molecule has 2 heterocycles. The molecular weight excluding hydrogens is 260 g/mol. The zero-order chi connectivity index (χ0) is 14.5. The highest BCUT2D eigenvalue weighted by Gasteiger charge is 2.12. The maximum absolute atomic E-state index is 5.43. The summed E-state index contributed by atoms with van der Waals surface area (Å²) in [6, 6.07) is 14.9. The summed E-state index contributed by atoms with van der Waals surface area (Å²) in [6.45, 7) is 3.09. The van der Waals surface area contributed by atoms with Crippen molar-refractivity contribution in [3.63, 3.8) is 0 Å². The van der Waals surface area contributed by atoms with Crippen molar-refractivity contribution in [1.29, 1.82) is 0 Å². The minimum absolute atomic E-state index is 0.338. The van der Waals surface area contributed by atoms with Crippen LogP contribution < -0.4 is 5.32 Å². The number of nitrogens with one attached hydrogen (secondary N) is 1. The average Bonchev–Trinajstić information content (AvgIpc) is 3.04. The van der Waals surface area contributed by atoms with E-state index in [4.69, 9.17) is 4.42 Å². The van der Waals surface area contributed by atoms with E-state index in [-0.39, 0.29) is 0 Å². The highest BCUT2D eigenvalue weighted by Crippen LogP contribution is 2.23. The summed E-state index contributed by atoms with van der Waals surface area (Å²) >= 11 is 0. The molecule has 3 heteroatoms. The lowest BCUT2D eigenvalue weighted by Gasteiger charge is -2.18. The Morgan fingerprint density at radius 3 is 2.95 bits per heavy atom. The molecule has 0 aliphatic heterocycles. The second-order valence-corrected chi connectivity index (χ2v) is 5.18. The summed E-state index contributed by atoms with van der Waals surface area (Å²) in [5.74, 6) is 1.04. The van der Waals surface area contributed by atoms with Crippen molar-refractivity contribution in [1.82, 2.24) is 10.3 Å². The summed E-state index contributed by atoms with van der Waals surface area (Å²) in [5.41, 5.74) is 2.35. The predicted molar refractivity (Wildman–Crippen MR) is 85.2 cm³/mol. The van der Waals surface area contributed by atoms with Gasteiger partial charge in [-0.15, -0.1) is 0 Å². The van der Waals surface area contributed by atoms with Crippen molar-refractivity contribution >= 4 is 10.9 Å². The molecule has 3 aromatic rings. The number of fused-ring (bicyclic) bond motifs is 1. The van der Waals surface area contributed by atoms with Crippen LogP contribution in [0.2, 0.25) is 0 Å². The van der Waals surface area contributed by atoms with Crippen molar-refractivity contribution in [2.75, 3.05) is 6.54 Å². The molecule has 1 unspecified atom stereocenters. The van der Waals surface area contributed by atoms with Gasteiger partial charge in [0.15, 0.2) is 0 Å². The highest BCUT2D eigenvalue weighted by atomic mass is 16.3. The molecule has 0 spiro atoms. The molecule has 1 atom stereocenters. The Balaban J connectivity index is 1.80. The standard InChI is InChI=1S/C18H20N2O/c1-2-19-17(10-8-16-6-4-12-21-16)15-7-9-18-14(13-15)5-3-11-20-18/h3-7,9,11-13,17,19H,2,8,10H2,1H3. The van der Waals surface area contributed by atoms with Gasteiger partial charge >= 0.3 is 0 Å². The van der Waals surface area contributed by atoms with E-state index in [9.17, 15) is 0 Å². The van der Waals surface area contributed by atoms with Gasteiger partial charge in [0.05, 0.1) is 11.8 Å². The van der Waals surface area contributed by atoms with Crippen LogP contribution in [-0.4, -0.2) is 11.5 Å². The number of nitrogens with zero attached hydrogens (tertiary/aromatic N) is 1. The Hall–Kier alpha value is -2.13. The summed E-state index contributed by atoms with van der Waals surface area (Å²) in [5, 5.41) is 4.75. The molecule has 0 amide bonds. The summed E-state index contributed by atoms with van der Waals surface area (Å²) in [4.78, 5) is 4.38. The van der Waals surface area contributed by atoms with Crippen molar-refractivity contribution in [2.24, 2.45) is 0 Å². The van der Waals surface area contributed by atoms with Gasteiger partial charge in [-0.25, -0.2) is 0 Å². The molecule has 0 radical (unpaired) electrons. The van der Waals surface area contributed by atoms with E-state index in [1.54, 1.807) is 6.26 Å². The fourth-order valence-electron chi connectivity index (χ4n) is 2.69. The molecule has 0 saturated carbocycles. The van der Waals surface area contributed by atoms with Crippen LogP contribution in [0.4, 0.5) is 0 Å². The SMILES string of the molecule is CCNC(CCc1ccco1)c1ccc2ncccc2c1. The van der Waals surface area contributed by atoms with Crippen molar-refractivity contribution in [3.8, 4) is 0 Å². The second-order valence-electron chi connectivity index (χ2n) is 5.18. The zero-order valence-electron chi connectivity index (χ0n) is 12.3. The van der Waals surface area contributed by atoms with Crippen molar-refractivity contribution < 1.29 is 4.42 Å². The van der Waals surface area contributed by atoms with Gasteiger partial charge in [0, 0.05) is 24.0 Å². The van der Waals surface area contributed by atoms with Crippen LogP contribution in [0.5, 0.6) is 0 Å². The fraction of sp³-hybridized carbons (Fsp3) is 0.278. The number of furan rings is 1. The lowest BCUT2D eigenvalue weighted by atomic mass is 9.99. The second kappa shape index (κ2) is 6.55. The Bertz CT molecular complexity index is 691. The van der Waals surface area contributed by atoms with Gasteiger partial charge in [-0.05, 0) is 48.9 Å². The maximum atomic E-state index is 5.43. The molecule has 0 fully saturated rings. The minimum Gasteiger partial charge on any atom is -0.469 e. The summed E-state index contributed by atoms with van der Waals surface area (Å²) < 4.78 is 5.43. The molecule has 21 heavy (non-hydrogen) atoms. The lowest BCUT2D eigenvalue weighted by molar-refractivity contribution is 0.459. The van der Waals surface area contributed by atoms with Crippen LogP contribution in [0, 0.1) is 0 Å². The first-order chi connectivity index (χ1) is 10.4. The van der Waals surface area contributed by atoms with Crippen LogP contribution in [0.25, 0.3) is 10.9 Å². The Kier molecular flexibility index (Phi) is 4.31. The number of hydrogen-bond donors (Lipinski definition) is 1. The molecule has 1 aromatic carbocycles. The molecule has 0 aliphatic carbocycles. The van der Waals surface area contributed by atoms with Crippen LogP contribution in [0.1, 0.15) is 30.7 Å². The van der Waals surface area contributed by atoms with Gasteiger partial charge in [0.1, 0.15) is 5.76 Å². The molecule has 3 nitrogen and oxygen atoms in total. The van der Waals surface area contributed by atoms with Crippen molar-refractivity contribution in [3.05, 3.63) is 66.2 Å². The Morgan fingerprint density at radius 1 is 1.19 bits per heavy atom. The quantitative estimate of drug-likeness (QED) is 0.738. The van der Waals surface area contributed by atoms with E-state index >= 15 is 0 Å². The Labute approximate surface area is 125 Å². The topological polar surface area (TPSA) is 38.1 Å². The predicted octanol–water partition coefficient (Wildman–Crippen LogP) is 4.11. The van der Waals surface area contributed by atoms with Crippen LogP contribution >= 0.6 is 0 Å². The van der Waals surface area contributed by atoms with Gasteiger partial charge in [0.2, 0.25) is 0 Å². The third-order valence-corrected chi connectivity index (χ3v) is 3.74. The van der Waals surface area contributed by atoms with Gasteiger partial charge in [-0.2, -0.15) is 0 Å². The van der Waals surface area contributed by atoms with Crippen LogP contribution in [0.3, 0.4) is 0 Å². The fourth-order valence-corrected chi connectivity index (χ4v) is 2.69. The summed E-state index contributed by atoms with van der Waals surface area (Å²) in [7, 11) is 0. The first kappa shape index (κ1) is 13.8. The number of rotatable bonds is 6. The first-order valence-electron chi connectivity index (χ1n) is 7.47. The van der Waals surface area contributed by atoms with E-state index in [1.165, 1.54) is 10.9 Å². The van der Waals surface area contributed by atoms with Crippen LogP contribution in [0.15, 0.2) is 59.3 Å². The third kappa shape index (κ3) is 3.31. The molecule has 1 N–H and O–H groups in total. The number of aryl methyl sites for hydroxylation is 1. The average molecular weight is 280 g/mol. The number of aromatic nitrogens is 1. The first-order valence-corrected chi connectivity index (χ1v) is 7.47. The third-order valence-electron chi connectivity index (χ3n) is 3.74. The Morgan fingerprint density at radius 2 is 2.14 bits per heavy atom.